The first-order valence-electron chi connectivity index (χ1n) is 8.49. The van der Waals surface area contributed by atoms with Gasteiger partial charge in [0.15, 0.2) is 0 Å². The lowest BCUT2D eigenvalue weighted by atomic mass is 10.3. The number of carbonyl (C=O) groups is 1. The molecule has 1 amide bonds. The van der Waals surface area contributed by atoms with Crippen LogP contribution in [-0.4, -0.2) is 31.8 Å². The van der Waals surface area contributed by atoms with E-state index >= 15 is 0 Å². The van der Waals surface area contributed by atoms with Gasteiger partial charge in [0.2, 0.25) is 5.91 Å². The average molecular weight is 379 g/mol. The average Bonchev–Trinajstić information content (AvgIpc) is 3.34. The van der Waals surface area contributed by atoms with Gasteiger partial charge in [0, 0.05) is 12.6 Å². The van der Waals surface area contributed by atoms with Crippen LogP contribution in [0.15, 0.2) is 65.0 Å². The van der Waals surface area contributed by atoms with Crippen LogP contribution in [0, 0.1) is 0 Å². The third-order valence-electron chi connectivity index (χ3n) is 4.13. The highest BCUT2D eigenvalue weighted by atomic mass is 32.1. The Kier molecular flexibility index (Phi) is 4.80. The Morgan fingerprint density at radius 2 is 2.00 bits per heavy atom. The van der Waals surface area contributed by atoms with Crippen LogP contribution in [0.5, 0.6) is 0 Å². The zero-order valence-corrected chi connectivity index (χ0v) is 15.2. The summed E-state index contributed by atoms with van der Waals surface area (Å²) in [5.41, 5.74) is 2.33. The lowest BCUT2D eigenvalue weighted by molar-refractivity contribution is -0.121. The quantitative estimate of drug-likeness (QED) is 0.556. The van der Waals surface area contributed by atoms with E-state index in [1.54, 1.807) is 28.3 Å². The van der Waals surface area contributed by atoms with Gasteiger partial charge in [-0.3, -0.25) is 9.59 Å². The minimum Gasteiger partial charge on any atom is -0.353 e. The molecule has 0 spiro atoms. The summed E-state index contributed by atoms with van der Waals surface area (Å²) in [6, 6.07) is 14.8. The maximum Gasteiger partial charge on any atom is 0.266 e. The normalized spacial score (nSPS) is 11.0. The van der Waals surface area contributed by atoms with Crippen molar-refractivity contribution in [1.29, 1.82) is 0 Å². The number of thiophene rings is 1. The van der Waals surface area contributed by atoms with E-state index in [2.05, 4.69) is 15.4 Å². The van der Waals surface area contributed by atoms with Crippen molar-refractivity contribution in [1.82, 2.24) is 24.6 Å². The summed E-state index contributed by atoms with van der Waals surface area (Å²) in [7, 11) is 0. The molecule has 0 aliphatic carbocycles. The molecule has 1 N–H and O–H groups in total. The number of rotatable bonds is 6. The smallest absolute Gasteiger partial charge is 0.266 e. The van der Waals surface area contributed by atoms with Gasteiger partial charge in [-0.1, -0.05) is 18.2 Å². The Morgan fingerprint density at radius 1 is 1.11 bits per heavy atom. The highest BCUT2D eigenvalue weighted by Crippen LogP contribution is 2.20. The molecule has 0 saturated carbocycles. The molecule has 0 unspecified atom stereocenters. The maximum atomic E-state index is 12.2. The van der Waals surface area contributed by atoms with Crippen molar-refractivity contribution in [2.24, 2.45) is 0 Å². The van der Waals surface area contributed by atoms with Crippen LogP contribution in [0.3, 0.4) is 0 Å². The highest BCUT2D eigenvalue weighted by molar-refractivity contribution is 7.13. The molecule has 0 atom stereocenters. The monoisotopic (exact) mass is 379 g/mol. The summed E-state index contributed by atoms with van der Waals surface area (Å²) in [4.78, 5) is 29.5. The molecule has 8 heteroatoms. The number of amides is 1. The molecule has 0 radical (unpaired) electrons. The molecule has 27 heavy (non-hydrogen) atoms. The molecule has 4 aromatic rings. The number of nitrogens with one attached hydrogen (secondary N) is 1. The molecule has 0 fully saturated rings. The van der Waals surface area contributed by atoms with Gasteiger partial charge < -0.3 is 9.88 Å². The molecule has 0 aliphatic heterocycles. The Hall–Kier alpha value is -3.26. The Bertz CT molecular complexity index is 1130. The molecular formula is C19H17N5O2S. The Labute approximate surface area is 158 Å². The molecule has 0 aliphatic rings. The van der Waals surface area contributed by atoms with E-state index < -0.39 is 0 Å². The SMILES string of the molecule is O=C(Cn1cnc2ccccc21)NCCn1nc(-c2cccs2)ccc1=O. The van der Waals surface area contributed by atoms with E-state index in [-0.39, 0.29) is 18.0 Å². The van der Waals surface area contributed by atoms with Crippen molar-refractivity contribution < 1.29 is 4.79 Å². The number of benzene rings is 1. The summed E-state index contributed by atoms with van der Waals surface area (Å²) in [5, 5.41) is 9.17. The summed E-state index contributed by atoms with van der Waals surface area (Å²) in [5.74, 6) is -0.138. The third-order valence-corrected chi connectivity index (χ3v) is 5.02. The molecule has 0 saturated heterocycles. The number of carbonyl (C=O) groups excluding carboxylic acids is 1. The van der Waals surface area contributed by atoms with Gasteiger partial charge in [-0.05, 0) is 29.6 Å². The topological polar surface area (TPSA) is 81.8 Å². The van der Waals surface area contributed by atoms with Gasteiger partial charge in [-0.25, -0.2) is 9.67 Å². The summed E-state index contributed by atoms with van der Waals surface area (Å²) < 4.78 is 3.18. The van der Waals surface area contributed by atoms with Crippen molar-refractivity contribution in [2.45, 2.75) is 13.1 Å². The fraction of sp³-hybridized carbons (Fsp3) is 0.158. The highest BCUT2D eigenvalue weighted by Gasteiger charge is 2.08. The van der Waals surface area contributed by atoms with E-state index in [0.717, 1.165) is 21.6 Å². The minimum atomic E-state index is -0.190. The van der Waals surface area contributed by atoms with Crippen LogP contribution in [0.1, 0.15) is 0 Å². The second-order valence-electron chi connectivity index (χ2n) is 5.97. The van der Waals surface area contributed by atoms with Crippen molar-refractivity contribution in [3.8, 4) is 10.6 Å². The Morgan fingerprint density at radius 3 is 2.85 bits per heavy atom. The van der Waals surface area contributed by atoms with Gasteiger partial charge in [0.05, 0.1) is 28.8 Å². The number of fused-ring (bicyclic) bond motifs is 1. The van der Waals surface area contributed by atoms with E-state index in [4.69, 9.17) is 0 Å². The first-order chi connectivity index (χ1) is 13.2. The van der Waals surface area contributed by atoms with Crippen LogP contribution in [0.25, 0.3) is 21.6 Å². The lowest BCUT2D eigenvalue weighted by Crippen LogP contribution is -2.33. The van der Waals surface area contributed by atoms with Crippen molar-refractivity contribution >= 4 is 28.3 Å². The number of aromatic nitrogens is 4. The first-order valence-corrected chi connectivity index (χ1v) is 9.37. The second kappa shape index (κ2) is 7.55. The van der Waals surface area contributed by atoms with Crippen molar-refractivity contribution in [2.75, 3.05) is 6.54 Å². The standard InChI is InChI=1S/C19H17N5O2S/c25-18(12-23-13-21-14-4-1-2-5-16(14)23)20-9-10-24-19(26)8-7-15(22-24)17-6-3-11-27-17/h1-8,11,13H,9-10,12H2,(H,20,25). The van der Waals surface area contributed by atoms with E-state index in [0.29, 0.717) is 13.1 Å². The zero-order valence-electron chi connectivity index (χ0n) is 14.4. The molecular weight excluding hydrogens is 362 g/mol. The number of hydrogen-bond acceptors (Lipinski definition) is 5. The van der Waals surface area contributed by atoms with Gasteiger partial charge in [-0.15, -0.1) is 11.3 Å². The van der Waals surface area contributed by atoms with Crippen LogP contribution in [-0.2, 0) is 17.9 Å². The Balaban J connectivity index is 1.37. The summed E-state index contributed by atoms with van der Waals surface area (Å²) in [6.45, 7) is 0.818. The number of para-hydroxylation sites is 2. The van der Waals surface area contributed by atoms with E-state index in [1.165, 1.54) is 10.7 Å². The molecule has 136 valence electrons. The molecule has 7 nitrogen and oxygen atoms in total. The van der Waals surface area contributed by atoms with Gasteiger partial charge in [0.25, 0.3) is 5.56 Å². The summed E-state index contributed by atoms with van der Waals surface area (Å²) >= 11 is 1.57. The zero-order chi connectivity index (χ0) is 18.6. The summed E-state index contributed by atoms with van der Waals surface area (Å²) in [6.07, 6.45) is 1.65. The predicted octanol–water partition coefficient (Wildman–Crippen LogP) is 2.14. The lowest BCUT2D eigenvalue weighted by Gasteiger charge is -2.09. The van der Waals surface area contributed by atoms with Crippen LogP contribution in [0.2, 0.25) is 0 Å². The molecule has 3 aromatic heterocycles. The largest absolute Gasteiger partial charge is 0.353 e. The van der Waals surface area contributed by atoms with Crippen molar-refractivity contribution in [3.05, 3.63) is 70.6 Å². The van der Waals surface area contributed by atoms with E-state index in [9.17, 15) is 9.59 Å². The number of hydrogen-bond donors (Lipinski definition) is 1. The van der Waals surface area contributed by atoms with Gasteiger partial charge in [0.1, 0.15) is 12.2 Å². The number of nitrogens with zero attached hydrogens (tertiary/aromatic N) is 4. The van der Waals surface area contributed by atoms with E-state index in [1.807, 2.05) is 41.8 Å². The molecule has 3 heterocycles. The molecule has 0 bridgehead atoms. The fourth-order valence-electron chi connectivity index (χ4n) is 2.81. The third kappa shape index (κ3) is 3.80. The first kappa shape index (κ1) is 17.2. The molecule has 4 rings (SSSR count). The fourth-order valence-corrected chi connectivity index (χ4v) is 3.50. The van der Waals surface area contributed by atoms with Crippen LogP contribution in [0.4, 0.5) is 0 Å². The minimum absolute atomic E-state index is 0.138. The molecule has 1 aromatic carbocycles. The maximum absolute atomic E-state index is 12.2. The second-order valence-corrected chi connectivity index (χ2v) is 6.92. The van der Waals surface area contributed by atoms with Crippen LogP contribution >= 0.6 is 11.3 Å². The predicted molar refractivity (Wildman–Crippen MR) is 105 cm³/mol. The van der Waals surface area contributed by atoms with Crippen molar-refractivity contribution in [3.63, 3.8) is 0 Å². The van der Waals surface area contributed by atoms with Crippen LogP contribution < -0.4 is 10.9 Å². The van der Waals surface area contributed by atoms with Gasteiger partial charge in [-0.2, -0.15) is 5.10 Å². The number of imidazole rings is 1. The van der Waals surface area contributed by atoms with Gasteiger partial charge >= 0.3 is 0 Å².